The fourth-order valence-electron chi connectivity index (χ4n) is 0.661. The van der Waals surface area contributed by atoms with Crippen LogP contribution < -0.4 is 18.1 Å². The molecule has 1 amide bonds. The molecule has 0 aliphatic carbocycles. The number of halogens is 1. The third-order valence-electron chi connectivity index (χ3n) is 1.25. The summed E-state index contributed by atoms with van der Waals surface area (Å²) in [6, 6.07) is 0. The highest BCUT2D eigenvalue weighted by Gasteiger charge is 2.03. The highest BCUT2D eigenvalue weighted by molar-refractivity contribution is 5.85. The summed E-state index contributed by atoms with van der Waals surface area (Å²) in [4.78, 5) is 10.3. The van der Waals surface area contributed by atoms with Gasteiger partial charge in [-0.3, -0.25) is 4.79 Å². The Bertz CT molecular complexity index is 161. The maximum absolute atomic E-state index is 10.3. The predicted molar refractivity (Wildman–Crippen MR) is 45.9 cm³/mol. The van der Waals surface area contributed by atoms with E-state index in [1.54, 1.807) is 0 Å². The Morgan fingerprint density at radius 1 is 1.42 bits per heavy atom. The van der Waals surface area contributed by atoms with Gasteiger partial charge in [0.15, 0.2) is 0 Å². The van der Waals surface area contributed by atoms with Crippen molar-refractivity contribution in [3.63, 3.8) is 0 Å². The molecule has 0 spiro atoms. The van der Waals surface area contributed by atoms with E-state index in [0.29, 0.717) is 0 Å². The average Bonchev–Trinajstić information content (AvgIpc) is 1.78. The molecule has 0 aliphatic heterocycles. The molecule has 0 aromatic rings. The SMILES string of the molecule is C[N+](C)(C)CCC=CC(N)=O.[Cl-]. The van der Waals surface area contributed by atoms with Gasteiger partial charge in [0.25, 0.3) is 0 Å². The summed E-state index contributed by atoms with van der Waals surface area (Å²) in [7, 11) is 6.33. The minimum atomic E-state index is -0.369. The Morgan fingerprint density at radius 2 is 1.92 bits per heavy atom. The van der Waals surface area contributed by atoms with Gasteiger partial charge in [-0.2, -0.15) is 0 Å². The molecule has 0 rings (SSSR count). The summed E-state index contributed by atoms with van der Waals surface area (Å²) in [6.45, 7) is 1.02. The molecule has 0 heterocycles. The number of carbonyl (C=O) groups excluding carboxylic acids is 1. The maximum atomic E-state index is 10.3. The molecule has 72 valence electrons. The molecular formula is C8H17ClN2O. The largest absolute Gasteiger partial charge is 1.00 e. The molecule has 4 heteroatoms. The Labute approximate surface area is 80.2 Å². The van der Waals surface area contributed by atoms with Crippen LogP contribution in [0, 0.1) is 0 Å². The number of nitrogens with two attached hydrogens (primary N) is 1. The molecular weight excluding hydrogens is 176 g/mol. The minimum absolute atomic E-state index is 0. The van der Waals surface area contributed by atoms with Gasteiger partial charge in [-0.1, -0.05) is 6.08 Å². The molecule has 0 bridgehead atoms. The van der Waals surface area contributed by atoms with Crippen LogP contribution in [-0.2, 0) is 4.79 Å². The quantitative estimate of drug-likeness (QED) is 0.378. The molecule has 12 heavy (non-hydrogen) atoms. The highest BCUT2D eigenvalue weighted by Crippen LogP contribution is 1.93. The molecule has 3 nitrogen and oxygen atoms in total. The van der Waals surface area contributed by atoms with Crippen LogP contribution in [0.2, 0.25) is 0 Å². The van der Waals surface area contributed by atoms with E-state index in [9.17, 15) is 4.79 Å². The average molecular weight is 193 g/mol. The van der Waals surface area contributed by atoms with Crippen LogP contribution in [0.3, 0.4) is 0 Å². The van der Waals surface area contributed by atoms with Gasteiger partial charge in [-0.05, 0) is 6.08 Å². The lowest BCUT2D eigenvalue weighted by Gasteiger charge is -2.22. The van der Waals surface area contributed by atoms with Gasteiger partial charge in [0.2, 0.25) is 5.91 Å². The Balaban J connectivity index is 0. The number of carbonyl (C=O) groups is 1. The van der Waals surface area contributed by atoms with Gasteiger partial charge in [0.1, 0.15) is 0 Å². The molecule has 0 atom stereocenters. The number of hydrogen-bond acceptors (Lipinski definition) is 1. The van der Waals surface area contributed by atoms with Crippen LogP contribution in [0.25, 0.3) is 0 Å². The van der Waals surface area contributed by atoms with E-state index < -0.39 is 0 Å². The lowest BCUT2D eigenvalue weighted by Crippen LogP contribution is -3.00. The van der Waals surface area contributed by atoms with Crippen LogP contribution in [-0.4, -0.2) is 38.1 Å². The second-order valence-electron chi connectivity index (χ2n) is 3.61. The van der Waals surface area contributed by atoms with Gasteiger partial charge in [-0.25, -0.2) is 0 Å². The van der Waals surface area contributed by atoms with E-state index in [-0.39, 0.29) is 18.3 Å². The van der Waals surface area contributed by atoms with Crippen molar-refractivity contribution in [2.75, 3.05) is 27.7 Å². The van der Waals surface area contributed by atoms with Crippen LogP contribution >= 0.6 is 0 Å². The number of primary amides is 1. The lowest BCUT2D eigenvalue weighted by molar-refractivity contribution is -0.869. The lowest BCUT2D eigenvalue weighted by atomic mass is 10.3. The van der Waals surface area contributed by atoms with Crippen molar-refractivity contribution in [3.8, 4) is 0 Å². The smallest absolute Gasteiger partial charge is 0.241 e. The Morgan fingerprint density at radius 3 is 2.25 bits per heavy atom. The zero-order chi connectivity index (χ0) is 8.91. The third-order valence-corrected chi connectivity index (χ3v) is 1.25. The van der Waals surface area contributed by atoms with Gasteiger partial charge in [-0.15, -0.1) is 0 Å². The first-order chi connectivity index (χ1) is 4.92. The number of nitrogens with zero attached hydrogens (tertiary/aromatic N) is 1. The van der Waals surface area contributed by atoms with Crippen molar-refractivity contribution < 1.29 is 21.7 Å². The van der Waals surface area contributed by atoms with E-state index in [0.717, 1.165) is 17.4 Å². The van der Waals surface area contributed by atoms with Gasteiger partial charge in [0, 0.05) is 6.42 Å². The second-order valence-corrected chi connectivity index (χ2v) is 3.61. The van der Waals surface area contributed by atoms with Crippen molar-refractivity contribution in [1.29, 1.82) is 0 Å². The van der Waals surface area contributed by atoms with Crippen molar-refractivity contribution in [2.45, 2.75) is 6.42 Å². The maximum Gasteiger partial charge on any atom is 0.241 e. The zero-order valence-electron chi connectivity index (χ0n) is 7.88. The van der Waals surface area contributed by atoms with Crippen LogP contribution in [0.1, 0.15) is 6.42 Å². The van der Waals surface area contributed by atoms with Crippen molar-refractivity contribution in [1.82, 2.24) is 0 Å². The van der Waals surface area contributed by atoms with E-state index in [1.165, 1.54) is 6.08 Å². The van der Waals surface area contributed by atoms with E-state index in [4.69, 9.17) is 5.73 Å². The first kappa shape index (κ1) is 14.0. The number of quaternary nitrogens is 1. The van der Waals surface area contributed by atoms with E-state index >= 15 is 0 Å². The highest BCUT2D eigenvalue weighted by atomic mass is 35.5. The summed E-state index contributed by atoms with van der Waals surface area (Å²) in [5, 5.41) is 0. The standard InChI is InChI=1S/C8H16N2O.ClH/c1-10(2,3)7-5-4-6-8(9)11;/h4,6H,5,7H2,1-3H3,(H-,9,11);1H. The molecule has 0 radical (unpaired) electrons. The zero-order valence-corrected chi connectivity index (χ0v) is 8.64. The molecule has 0 unspecified atom stereocenters. The van der Waals surface area contributed by atoms with E-state index in [2.05, 4.69) is 21.1 Å². The summed E-state index contributed by atoms with van der Waals surface area (Å²) in [5.74, 6) is -0.369. The number of hydrogen-bond donors (Lipinski definition) is 1. The van der Waals surface area contributed by atoms with Gasteiger partial charge >= 0.3 is 0 Å². The van der Waals surface area contributed by atoms with Crippen molar-refractivity contribution in [3.05, 3.63) is 12.2 Å². The van der Waals surface area contributed by atoms with Gasteiger partial charge < -0.3 is 22.6 Å². The summed E-state index contributed by atoms with van der Waals surface area (Å²) in [6.07, 6.45) is 4.12. The fourth-order valence-corrected chi connectivity index (χ4v) is 0.661. The third kappa shape index (κ3) is 12.2. The molecule has 0 aromatic carbocycles. The summed E-state index contributed by atoms with van der Waals surface area (Å²) in [5.41, 5.74) is 4.91. The summed E-state index contributed by atoms with van der Waals surface area (Å²) >= 11 is 0. The molecule has 0 aliphatic rings. The monoisotopic (exact) mass is 192 g/mol. The van der Waals surface area contributed by atoms with Gasteiger partial charge in [0.05, 0.1) is 27.7 Å². The summed E-state index contributed by atoms with van der Waals surface area (Å²) < 4.78 is 0.906. The van der Waals surface area contributed by atoms with Crippen LogP contribution in [0.4, 0.5) is 0 Å². The normalized spacial score (nSPS) is 11.2. The number of rotatable bonds is 4. The molecule has 0 saturated carbocycles. The predicted octanol–water partition coefficient (Wildman–Crippen LogP) is -2.87. The Hall–Kier alpha value is -0.540. The fraction of sp³-hybridized carbons (Fsp3) is 0.625. The van der Waals surface area contributed by atoms with E-state index in [1.807, 2.05) is 6.08 Å². The van der Waals surface area contributed by atoms with Crippen LogP contribution in [0.15, 0.2) is 12.2 Å². The minimum Gasteiger partial charge on any atom is -1.00 e. The van der Waals surface area contributed by atoms with Crippen molar-refractivity contribution in [2.24, 2.45) is 5.73 Å². The van der Waals surface area contributed by atoms with Crippen LogP contribution in [0.5, 0.6) is 0 Å². The first-order valence-electron chi connectivity index (χ1n) is 3.68. The second kappa shape index (κ2) is 6.03. The number of amides is 1. The van der Waals surface area contributed by atoms with Crippen molar-refractivity contribution >= 4 is 5.91 Å². The molecule has 0 aromatic heterocycles. The topological polar surface area (TPSA) is 43.1 Å². The molecule has 2 N–H and O–H groups in total. The first-order valence-corrected chi connectivity index (χ1v) is 3.68. The Kier molecular flexibility index (Phi) is 7.04. The molecule has 0 saturated heterocycles. The molecule has 0 fully saturated rings.